The Labute approximate surface area is 123 Å². The molecule has 2 atom stereocenters. The van der Waals surface area contributed by atoms with Crippen molar-refractivity contribution in [3.05, 3.63) is 26.9 Å². The summed E-state index contributed by atoms with van der Waals surface area (Å²) in [6.45, 7) is 2.51. The third-order valence-corrected chi connectivity index (χ3v) is 5.15. The summed E-state index contributed by atoms with van der Waals surface area (Å²) in [6, 6.07) is 3.52. The lowest BCUT2D eigenvalue weighted by molar-refractivity contribution is 0.647. The van der Waals surface area contributed by atoms with E-state index in [1.165, 1.54) is 0 Å². The number of hydrogen-bond acceptors (Lipinski definition) is 2. The molecule has 0 aliphatic rings. The van der Waals surface area contributed by atoms with Gasteiger partial charge in [0.05, 0.1) is 21.1 Å². The van der Waals surface area contributed by atoms with Crippen molar-refractivity contribution >= 4 is 57.3 Å². The molecular weight excluding hydrogens is 311 g/mol. The Morgan fingerprint density at radius 1 is 1.44 bits per heavy atom. The molecule has 0 saturated carbocycles. The van der Waals surface area contributed by atoms with Crippen LogP contribution in [0.4, 0.5) is 0 Å². The van der Waals surface area contributed by atoms with E-state index in [9.17, 15) is 4.21 Å². The lowest BCUT2D eigenvalue weighted by Crippen LogP contribution is -2.17. The normalized spacial score (nSPS) is 14.9. The molecule has 3 nitrogen and oxygen atoms in total. The first kappa shape index (κ1) is 14.1. The van der Waals surface area contributed by atoms with E-state index in [4.69, 9.17) is 35.4 Å². The van der Waals surface area contributed by atoms with Crippen LogP contribution in [0.3, 0.4) is 0 Å². The van der Waals surface area contributed by atoms with Gasteiger partial charge in [-0.25, -0.2) is 0 Å². The summed E-state index contributed by atoms with van der Waals surface area (Å²) < 4.78 is 13.9. The number of halogens is 2. The van der Waals surface area contributed by atoms with Gasteiger partial charge in [0.15, 0.2) is 4.77 Å². The van der Waals surface area contributed by atoms with Crippen LogP contribution in [0.15, 0.2) is 12.1 Å². The molecule has 0 aliphatic carbocycles. The molecule has 1 aromatic carbocycles. The third kappa shape index (κ3) is 2.64. The first-order valence-electron chi connectivity index (χ1n) is 5.30. The van der Waals surface area contributed by atoms with Gasteiger partial charge in [0.25, 0.3) is 0 Å². The maximum absolute atomic E-state index is 11.4. The molecule has 1 N–H and O–H groups in total. The fourth-order valence-electron chi connectivity index (χ4n) is 1.70. The van der Waals surface area contributed by atoms with Gasteiger partial charge in [-0.05, 0) is 31.3 Å². The zero-order valence-electron chi connectivity index (χ0n) is 9.87. The van der Waals surface area contributed by atoms with E-state index in [1.54, 1.807) is 18.4 Å². The quantitative estimate of drug-likeness (QED) is 0.873. The Bertz CT molecular complexity index is 677. The largest absolute Gasteiger partial charge is 0.331 e. The molecule has 0 bridgehead atoms. The molecule has 2 unspecified atom stereocenters. The second-order valence-corrected chi connectivity index (χ2v) is 7.14. The highest BCUT2D eigenvalue weighted by Gasteiger charge is 2.12. The van der Waals surface area contributed by atoms with Crippen molar-refractivity contribution in [2.45, 2.75) is 18.7 Å². The third-order valence-electron chi connectivity index (χ3n) is 2.82. The number of nitrogens with zero attached hydrogens (tertiary/aromatic N) is 1. The molecule has 0 radical (unpaired) electrons. The molecule has 7 heteroatoms. The molecule has 0 amide bonds. The van der Waals surface area contributed by atoms with E-state index >= 15 is 0 Å². The summed E-state index contributed by atoms with van der Waals surface area (Å²) in [4.78, 5) is 3.08. The van der Waals surface area contributed by atoms with Crippen LogP contribution in [-0.2, 0) is 17.3 Å². The van der Waals surface area contributed by atoms with Crippen molar-refractivity contribution in [1.29, 1.82) is 0 Å². The van der Waals surface area contributed by atoms with Crippen molar-refractivity contribution in [3.63, 3.8) is 0 Å². The molecule has 2 rings (SSSR count). The Morgan fingerprint density at radius 3 is 2.67 bits per heavy atom. The van der Waals surface area contributed by atoms with Gasteiger partial charge in [0, 0.05) is 28.9 Å². The standard InChI is InChI=1S/C11H12Cl2N2OS2/c1-6(18(2)16)5-15-10-4-8(13)7(12)3-9(10)14-11(15)17/h3-4,6H,5H2,1-2H3,(H,14,17). The summed E-state index contributed by atoms with van der Waals surface area (Å²) in [5.74, 6) is 0. The van der Waals surface area contributed by atoms with Crippen molar-refractivity contribution < 1.29 is 4.21 Å². The number of hydrogen-bond donors (Lipinski definition) is 1. The molecule has 0 fully saturated rings. The summed E-state index contributed by atoms with van der Waals surface area (Å²) in [5.41, 5.74) is 1.72. The predicted molar refractivity (Wildman–Crippen MR) is 80.7 cm³/mol. The molecule has 0 saturated heterocycles. The minimum absolute atomic E-state index is 0.0187. The van der Waals surface area contributed by atoms with E-state index < -0.39 is 10.8 Å². The smallest absolute Gasteiger partial charge is 0.178 e. The molecule has 1 aromatic heterocycles. The van der Waals surface area contributed by atoms with E-state index in [0.717, 1.165) is 11.0 Å². The summed E-state index contributed by atoms with van der Waals surface area (Å²) in [6.07, 6.45) is 1.69. The van der Waals surface area contributed by atoms with Gasteiger partial charge in [-0.2, -0.15) is 0 Å². The monoisotopic (exact) mass is 322 g/mol. The SMILES string of the molecule is CC(Cn1c(=S)[nH]c2cc(Cl)c(Cl)cc21)S(C)=O. The molecular formula is C11H12Cl2N2OS2. The van der Waals surface area contributed by atoms with Crippen LogP contribution in [0.1, 0.15) is 6.92 Å². The van der Waals surface area contributed by atoms with Crippen molar-refractivity contribution in [3.8, 4) is 0 Å². The second kappa shape index (κ2) is 5.33. The van der Waals surface area contributed by atoms with E-state index in [-0.39, 0.29) is 5.25 Å². The number of benzene rings is 1. The summed E-state index contributed by atoms with van der Waals surface area (Å²) >= 11 is 17.2. The highest BCUT2D eigenvalue weighted by molar-refractivity contribution is 7.84. The Hall–Kier alpha value is -0.360. The number of aromatic nitrogens is 2. The minimum atomic E-state index is -0.896. The van der Waals surface area contributed by atoms with Gasteiger partial charge >= 0.3 is 0 Å². The Kier molecular flexibility index (Phi) is 4.16. The maximum atomic E-state index is 11.4. The van der Waals surface area contributed by atoms with Crippen LogP contribution in [0.2, 0.25) is 10.0 Å². The van der Waals surface area contributed by atoms with Gasteiger partial charge in [0.2, 0.25) is 0 Å². The van der Waals surface area contributed by atoms with Crippen molar-refractivity contribution in [2.75, 3.05) is 6.26 Å². The topological polar surface area (TPSA) is 37.8 Å². The first-order valence-corrected chi connectivity index (χ1v) is 8.08. The van der Waals surface area contributed by atoms with Crippen LogP contribution < -0.4 is 0 Å². The maximum Gasteiger partial charge on any atom is 0.178 e. The molecule has 98 valence electrons. The van der Waals surface area contributed by atoms with Crippen LogP contribution >= 0.6 is 35.4 Å². The number of nitrogens with one attached hydrogen (secondary N) is 1. The van der Waals surface area contributed by atoms with Crippen LogP contribution in [0, 0.1) is 4.77 Å². The first-order chi connectivity index (χ1) is 8.40. The number of H-pyrrole nitrogens is 1. The minimum Gasteiger partial charge on any atom is -0.331 e. The second-order valence-electron chi connectivity index (χ2n) is 4.13. The molecule has 2 aromatic rings. The van der Waals surface area contributed by atoms with Gasteiger partial charge in [-0.15, -0.1) is 0 Å². The Morgan fingerprint density at radius 2 is 2.06 bits per heavy atom. The summed E-state index contributed by atoms with van der Waals surface area (Å²) in [7, 11) is -0.896. The summed E-state index contributed by atoms with van der Waals surface area (Å²) in [5, 5.41) is 0.988. The lowest BCUT2D eigenvalue weighted by Gasteiger charge is -2.10. The number of aromatic amines is 1. The number of rotatable bonds is 3. The van der Waals surface area contributed by atoms with Crippen LogP contribution in [-0.4, -0.2) is 25.3 Å². The highest BCUT2D eigenvalue weighted by atomic mass is 35.5. The van der Waals surface area contributed by atoms with Crippen molar-refractivity contribution in [1.82, 2.24) is 9.55 Å². The average molecular weight is 323 g/mol. The fourth-order valence-corrected chi connectivity index (χ4v) is 2.66. The van der Waals surface area contributed by atoms with Crippen molar-refractivity contribution in [2.24, 2.45) is 0 Å². The highest BCUT2D eigenvalue weighted by Crippen LogP contribution is 2.27. The zero-order chi connectivity index (χ0) is 13.4. The van der Waals surface area contributed by atoms with Gasteiger partial charge in [-0.1, -0.05) is 23.2 Å². The van der Waals surface area contributed by atoms with E-state index in [0.29, 0.717) is 21.4 Å². The van der Waals surface area contributed by atoms with E-state index in [2.05, 4.69) is 4.98 Å². The molecule has 18 heavy (non-hydrogen) atoms. The molecule has 1 heterocycles. The number of imidazole rings is 1. The van der Waals surface area contributed by atoms with E-state index in [1.807, 2.05) is 11.5 Å². The average Bonchev–Trinajstić information content (AvgIpc) is 2.56. The van der Waals surface area contributed by atoms with Gasteiger partial charge in [-0.3, -0.25) is 4.21 Å². The molecule has 0 aliphatic heterocycles. The fraction of sp³-hybridized carbons (Fsp3) is 0.364. The van der Waals surface area contributed by atoms with Crippen LogP contribution in [0.25, 0.3) is 11.0 Å². The van der Waals surface area contributed by atoms with Crippen LogP contribution in [0.5, 0.6) is 0 Å². The number of fused-ring (bicyclic) bond motifs is 1. The zero-order valence-corrected chi connectivity index (χ0v) is 13.0. The predicted octanol–water partition coefficient (Wildman–Crippen LogP) is 3.77. The Balaban J connectivity index is 2.57. The van der Waals surface area contributed by atoms with Gasteiger partial charge in [0.1, 0.15) is 0 Å². The lowest BCUT2D eigenvalue weighted by atomic mass is 10.3. The molecule has 0 spiro atoms. The van der Waals surface area contributed by atoms with Gasteiger partial charge < -0.3 is 9.55 Å².